The topological polar surface area (TPSA) is 151 Å². The summed E-state index contributed by atoms with van der Waals surface area (Å²) in [7, 11) is 0. The van der Waals surface area contributed by atoms with Gasteiger partial charge in [0.25, 0.3) is 5.91 Å². The Morgan fingerprint density at radius 1 is 0.946 bits per heavy atom. The van der Waals surface area contributed by atoms with Crippen molar-refractivity contribution >= 4 is 29.5 Å². The Bertz CT molecular complexity index is 957. The molecule has 3 aliphatic rings. The molecule has 0 aromatic heterocycles. The van der Waals surface area contributed by atoms with E-state index in [9.17, 15) is 24.0 Å². The molecule has 0 bridgehead atoms. The molecule has 2 aliphatic carbocycles. The van der Waals surface area contributed by atoms with Crippen molar-refractivity contribution in [1.82, 2.24) is 20.9 Å². The largest absolute Gasteiger partial charge is 0.363 e. The molecular weight excluding hydrogens is 474 g/mol. The lowest BCUT2D eigenvalue weighted by Crippen LogP contribution is -2.62. The molecule has 0 aromatic rings. The second-order valence-electron chi connectivity index (χ2n) is 13.8. The number of nitrogens with one attached hydrogen (secondary N) is 3. The number of likely N-dealkylation sites (tertiary alicyclic amines) is 1. The van der Waals surface area contributed by atoms with Crippen LogP contribution in [0.2, 0.25) is 0 Å². The number of hydrogen-bond donors (Lipinski definition) is 4. The highest BCUT2D eigenvalue weighted by molar-refractivity contribution is 6.38. The highest BCUT2D eigenvalue weighted by Gasteiger charge is 2.70. The molecule has 1 saturated heterocycles. The van der Waals surface area contributed by atoms with Gasteiger partial charge >= 0.3 is 6.03 Å². The molecule has 2 saturated carbocycles. The summed E-state index contributed by atoms with van der Waals surface area (Å²) in [6.07, 6.45) is 3.30. The van der Waals surface area contributed by atoms with Crippen molar-refractivity contribution in [2.24, 2.45) is 34.3 Å². The molecular formula is C27H45N5O5. The van der Waals surface area contributed by atoms with Crippen molar-refractivity contribution in [2.75, 3.05) is 6.54 Å². The Hall–Kier alpha value is -2.65. The first-order chi connectivity index (χ1) is 16.9. The van der Waals surface area contributed by atoms with Crippen molar-refractivity contribution < 1.29 is 24.0 Å². The molecule has 10 nitrogen and oxygen atoms in total. The number of ketones is 1. The molecule has 3 unspecified atom stereocenters. The summed E-state index contributed by atoms with van der Waals surface area (Å²) < 4.78 is 0. The maximum absolute atomic E-state index is 13.9. The zero-order valence-electron chi connectivity index (χ0n) is 23.6. The van der Waals surface area contributed by atoms with E-state index in [2.05, 4.69) is 29.8 Å². The van der Waals surface area contributed by atoms with Gasteiger partial charge in [0.15, 0.2) is 0 Å². The van der Waals surface area contributed by atoms with Crippen LogP contribution in [0.25, 0.3) is 0 Å². The van der Waals surface area contributed by atoms with Crippen molar-refractivity contribution in [2.45, 2.75) is 105 Å². The molecule has 3 rings (SSSR count). The smallest absolute Gasteiger partial charge is 0.315 e. The van der Waals surface area contributed by atoms with Gasteiger partial charge in [-0.2, -0.15) is 0 Å². The average molecular weight is 520 g/mol. The third-order valence-corrected chi connectivity index (χ3v) is 8.33. The number of piperidine rings is 1. The normalized spacial score (nSPS) is 26.6. The fraction of sp³-hybridized carbons (Fsp3) is 0.815. The van der Waals surface area contributed by atoms with Crippen LogP contribution < -0.4 is 21.7 Å². The minimum Gasteiger partial charge on any atom is -0.363 e. The van der Waals surface area contributed by atoms with Gasteiger partial charge in [-0.05, 0) is 62.2 Å². The number of primary amides is 1. The van der Waals surface area contributed by atoms with E-state index in [-0.39, 0.29) is 29.1 Å². The molecule has 0 radical (unpaired) electrons. The number of carbonyl (C=O) groups is 5. The Morgan fingerprint density at radius 2 is 1.51 bits per heavy atom. The summed E-state index contributed by atoms with van der Waals surface area (Å²) in [5.41, 5.74) is 4.07. The lowest BCUT2D eigenvalue weighted by molar-refractivity contribution is -0.145. The Morgan fingerprint density at radius 3 is 2.00 bits per heavy atom. The minimum absolute atomic E-state index is 0.0756. The standard InChI is InChI=1S/C27H45N5O5/c1-25(2,3)20(30-24(37)31-26(4,5)6)23(36)32-13-15-16(27(15,7)8)18(32)22(35)29-17(19(33)21(28)34)14-11-9-10-12-14/h14-18,20H,9-13H2,1-8H3,(H2,28,34)(H,29,35)(H2,30,31,37)/t15-,16-,17?,18?,20?/m0/s1. The van der Waals surface area contributed by atoms with Gasteiger partial charge in [0, 0.05) is 12.1 Å². The number of hydrogen-bond acceptors (Lipinski definition) is 5. The molecule has 37 heavy (non-hydrogen) atoms. The number of nitrogens with two attached hydrogens (primary N) is 1. The minimum atomic E-state index is -1.07. The van der Waals surface area contributed by atoms with E-state index in [1.807, 2.05) is 41.5 Å². The lowest BCUT2D eigenvalue weighted by Gasteiger charge is -2.38. The van der Waals surface area contributed by atoms with Crippen molar-refractivity contribution in [1.29, 1.82) is 0 Å². The van der Waals surface area contributed by atoms with Crippen LogP contribution in [0.1, 0.15) is 81.1 Å². The fourth-order valence-electron chi connectivity index (χ4n) is 6.22. The van der Waals surface area contributed by atoms with Gasteiger partial charge in [0.2, 0.25) is 17.6 Å². The highest BCUT2D eigenvalue weighted by atomic mass is 16.2. The fourth-order valence-corrected chi connectivity index (χ4v) is 6.22. The molecule has 10 heteroatoms. The zero-order valence-corrected chi connectivity index (χ0v) is 23.6. The van der Waals surface area contributed by atoms with Crippen molar-refractivity contribution in [3.05, 3.63) is 0 Å². The van der Waals surface area contributed by atoms with E-state index in [1.165, 1.54) is 0 Å². The monoisotopic (exact) mass is 519 g/mol. The second kappa shape index (κ2) is 9.91. The van der Waals surface area contributed by atoms with Crippen LogP contribution in [-0.2, 0) is 19.2 Å². The van der Waals surface area contributed by atoms with E-state index in [0.29, 0.717) is 6.54 Å². The predicted octanol–water partition coefficient (Wildman–Crippen LogP) is 1.71. The number of rotatable bonds is 7. The number of carbonyl (C=O) groups excluding carboxylic acids is 5. The molecule has 1 aliphatic heterocycles. The second-order valence-corrected chi connectivity index (χ2v) is 13.8. The van der Waals surface area contributed by atoms with E-state index >= 15 is 0 Å². The third kappa shape index (κ3) is 6.09. The first kappa shape index (κ1) is 28.9. The van der Waals surface area contributed by atoms with Crippen LogP contribution in [0, 0.1) is 28.6 Å². The Kier molecular flexibility index (Phi) is 7.74. The van der Waals surface area contributed by atoms with E-state index in [0.717, 1.165) is 25.7 Å². The number of amides is 5. The Labute approximate surface area is 220 Å². The van der Waals surface area contributed by atoms with Gasteiger partial charge in [-0.3, -0.25) is 19.2 Å². The molecule has 0 spiro atoms. The quantitative estimate of drug-likeness (QED) is 0.378. The van der Waals surface area contributed by atoms with E-state index in [4.69, 9.17) is 5.73 Å². The van der Waals surface area contributed by atoms with Gasteiger partial charge in [0.1, 0.15) is 18.1 Å². The van der Waals surface area contributed by atoms with Gasteiger partial charge in [0.05, 0.1) is 0 Å². The van der Waals surface area contributed by atoms with Gasteiger partial charge in [-0.25, -0.2) is 4.79 Å². The third-order valence-electron chi connectivity index (χ3n) is 8.33. The highest BCUT2D eigenvalue weighted by Crippen LogP contribution is 2.65. The lowest BCUT2D eigenvalue weighted by atomic mass is 9.85. The number of urea groups is 1. The van der Waals surface area contributed by atoms with Crippen LogP contribution in [-0.4, -0.2) is 64.6 Å². The van der Waals surface area contributed by atoms with E-state index in [1.54, 1.807) is 4.90 Å². The molecule has 5 atom stereocenters. The van der Waals surface area contributed by atoms with Gasteiger partial charge in [-0.15, -0.1) is 0 Å². The summed E-state index contributed by atoms with van der Waals surface area (Å²) in [5.74, 6) is -2.73. The van der Waals surface area contributed by atoms with Crippen LogP contribution in [0.15, 0.2) is 0 Å². The SMILES string of the molecule is CC(C)(C)NC(=O)NC(C(=O)N1C[C@H]2[C@@H](C1C(=O)NC(C(=O)C(N)=O)C1CCCC1)C2(C)C)C(C)(C)C. The maximum atomic E-state index is 13.9. The summed E-state index contributed by atoms with van der Waals surface area (Å²) in [6.45, 7) is 15.7. The molecule has 0 aromatic carbocycles. The maximum Gasteiger partial charge on any atom is 0.315 e. The van der Waals surface area contributed by atoms with Crippen LogP contribution in [0.4, 0.5) is 4.79 Å². The predicted molar refractivity (Wildman–Crippen MR) is 139 cm³/mol. The van der Waals surface area contributed by atoms with Crippen LogP contribution in [0.5, 0.6) is 0 Å². The summed E-state index contributed by atoms with van der Waals surface area (Å²) in [4.78, 5) is 66.4. The number of Topliss-reactive ketones (excluding diaryl/α,β-unsaturated/α-hetero) is 1. The molecule has 208 valence electrons. The zero-order chi connectivity index (χ0) is 28.1. The first-order valence-corrected chi connectivity index (χ1v) is 13.4. The summed E-state index contributed by atoms with van der Waals surface area (Å²) in [6, 6.07) is -3.11. The van der Waals surface area contributed by atoms with Crippen LogP contribution in [0.3, 0.4) is 0 Å². The molecule has 1 heterocycles. The van der Waals surface area contributed by atoms with Gasteiger partial charge < -0.3 is 26.6 Å². The molecule has 5 amide bonds. The summed E-state index contributed by atoms with van der Waals surface area (Å²) >= 11 is 0. The van der Waals surface area contributed by atoms with Crippen LogP contribution >= 0.6 is 0 Å². The molecule has 5 N–H and O–H groups in total. The Balaban J connectivity index is 1.86. The van der Waals surface area contributed by atoms with E-state index < -0.39 is 52.7 Å². The van der Waals surface area contributed by atoms with Crippen molar-refractivity contribution in [3.8, 4) is 0 Å². The average Bonchev–Trinajstić information content (AvgIpc) is 3.20. The summed E-state index contributed by atoms with van der Waals surface area (Å²) in [5, 5.41) is 8.49. The van der Waals surface area contributed by atoms with Gasteiger partial charge in [-0.1, -0.05) is 47.5 Å². The first-order valence-electron chi connectivity index (χ1n) is 13.4. The number of fused-ring (bicyclic) bond motifs is 1. The number of nitrogens with zero attached hydrogens (tertiary/aromatic N) is 1. The molecule has 3 fully saturated rings. The van der Waals surface area contributed by atoms with Crippen molar-refractivity contribution in [3.63, 3.8) is 0 Å².